The van der Waals surface area contributed by atoms with Crippen LogP contribution in [0.15, 0.2) is 18.2 Å². The molecule has 1 rings (SSSR count). The summed E-state index contributed by atoms with van der Waals surface area (Å²) in [6, 6.07) is 3.35. The maximum atomic E-state index is 12.0. The first-order chi connectivity index (χ1) is 7.33. The molecule has 88 valence electrons. The van der Waals surface area contributed by atoms with E-state index in [9.17, 15) is 18.0 Å². The third-order valence-corrected chi connectivity index (χ3v) is 1.68. The van der Waals surface area contributed by atoms with E-state index in [1.165, 1.54) is 13.2 Å². The number of carbonyl (C=O) groups excluding carboxylic acids is 1. The van der Waals surface area contributed by atoms with Crippen LogP contribution in [0.5, 0.6) is 11.5 Å². The molecule has 0 saturated carbocycles. The zero-order valence-corrected chi connectivity index (χ0v) is 8.17. The number of primary amides is 1. The van der Waals surface area contributed by atoms with Crippen LogP contribution in [0.25, 0.3) is 0 Å². The van der Waals surface area contributed by atoms with Crippen molar-refractivity contribution < 1.29 is 27.4 Å². The fourth-order valence-corrected chi connectivity index (χ4v) is 1.04. The third-order valence-electron chi connectivity index (χ3n) is 1.68. The van der Waals surface area contributed by atoms with Crippen molar-refractivity contribution in [3.63, 3.8) is 0 Å². The van der Waals surface area contributed by atoms with E-state index in [2.05, 4.69) is 4.74 Å². The van der Waals surface area contributed by atoms with Gasteiger partial charge in [-0.25, -0.2) is 0 Å². The van der Waals surface area contributed by atoms with Gasteiger partial charge in [0.2, 0.25) is 0 Å². The normalized spacial score (nSPS) is 11.0. The van der Waals surface area contributed by atoms with Gasteiger partial charge >= 0.3 is 6.36 Å². The molecule has 0 unspecified atom stereocenters. The van der Waals surface area contributed by atoms with Gasteiger partial charge in [0.1, 0.15) is 11.5 Å². The number of halogens is 3. The molecule has 7 heteroatoms. The Labute approximate surface area is 88.8 Å². The molecule has 0 aliphatic carbocycles. The van der Waals surface area contributed by atoms with Crippen LogP contribution >= 0.6 is 0 Å². The Morgan fingerprint density at radius 1 is 1.38 bits per heavy atom. The lowest BCUT2D eigenvalue weighted by molar-refractivity contribution is -0.274. The van der Waals surface area contributed by atoms with Crippen molar-refractivity contribution in [2.75, 3.05) is 7.11 Å². The third kappa shape index (κ3) is 3.04. The van der Waals surface area contributed by atoms with Crippen LogP contribution in [0.3, 0.4) is 0 Å². The van der Waals surface area contributed by atoms with E-state index in [0.717, 1.165) is 12.1 Å². The summed E-state index contributed by atoms with van der Waals surface area (Å²) in [5.41, 5.74) is 4.54. The van der Waals surface area contributed by atoms with Crippen LogP contribution in [0.1, 0.15) is 10.4 Å². The molecule has 1 aromatic carbocycles. The quantitative estimate of drug-likeness (QED) is 0.867. The highest BCUT2D eigenvalue weighted by molar-refractivity contribution is 5.95. The molecule has 0 heterocycles. The van der Waals surface area contributed by atoms with Gasteiger partial charge in [-0.05, 0) is 12.1 Å². The predicted molar refractivity (Wildman–Crippen MR) is 48.2 cm³/mol. The maximum absolute atomic E-state index is 12.0. The minimum atomic E-state index is -4.89. The van der Waals surface area contributed by atoms with E-state index >= 15 is 0 Å². The van der Waals surface area contributed by atoms with Crippen LogP contribution < -0.4 is 15.2 Å². The number of ether oxygens (including phenoxy) is 2. The van der Waals surface area contributed by atoms with Crippen LogP contribution in [0.2, 0.25) is 0 Å². The van der Waals surface area contributed by atoms with Crippen LogP contribution in [-0.4, -0.2) is 19.4 Å². The number of hydrogen-bond donors (Lipinski definition) is 1. The summed E-state index contributed by atoms with van der Waals surface area (Å²) in [6.07, 6.45) is -4.89. The summed E-state index contributed by atoms with van der Waals surface area (Å²) < 4.78 is 44.4. The summed E-state index contributed by atoms with van der Waals surface area (Å²) in [5.74, 6) is -1.56. The Hall–Kier alpha value is -1.92. The summed E-state index contributed by atoms with van der Waals surface area (Å²) in [7, 11) is 1.27. The number of methoxy groups -OCH3 is 1. The smallest absolute Gasteiger partial charge is 0.497 e. The van der Waals surface area contributed by atoms with Gasteiger partial charge < -0.3 is 15.2 Å². The van der Waals surface area contributed by atoms with Gasteiger partial charge in [0, 0.05) is 6.07 Å². The van der Waals surface area contributed by atoms with Gasteiger partial charge in [-0.3, -0.25) is 4.79 Å². The van der Waals surface area contributed by atoms with E-state index in [-0.39, 0.29) is 11.3 Å². The SMILES string of the molecule is COc1ccc(C(N)=O)c(OC(F)(F)F)c1. The molecule has 1 aromatic rings. The zero-order chi connectivity index (χ0) is 12.3. The number of amides is 1. The molecule has 4 nitrogen and oxygen atoms in total. The average Bonchev–Trinajstić information content (AvgIpc) is 2.14. The fraction of sp³-hybridized carbons (Fsp3) is 0.222. The Balaban J connectivity index is 3.15. The average molecular weight is 235 g/mol. The zero-order valence-electron chi connectivity index (χ0n) is 8.17. The number of hydrogen-bond acceptors (Lipinski definition) is 3. The minimum absolute atomic E-state index is 0.129. The Bertz CT molecular complexity index is 403. The van der Waals surface area contributed by atoms with E-state index in [1.54, 1.807) is 0 Å². The monoisotopic (exact) mass is 235 g/mol. The van der Waals surface area contributed by atoms with Crippen molar-refractivity contribution in [3.8, 4) is 11.5 Å². The molecule has 0 fully saturated rings. The molecule has 0 atom stereocenters. The second-order valence-electron chi connectivity index (χ2n) is 2.77. The molecule has 0 aromatic heterocycles. The summed E-state index contributed by atoms with van der Waals surface area (Å²) >= 11 is 0. The van der Waals surface area contributed by atoms with Crippen molar-refractivity contribution in [3.05, 3.63) is 23.8 Å². The lowest BCUT2D eigenvalue weighted by atomic mass is 10.2. The molecule has 1 amide bonds. The van der Waals surface area contributed by atoms with E-state index in [1.807, 2.05) is 0 Å². The number of alkyl halides is 3. The molecule has 16 heavy (non-hydrogen) atoms. The van der Waals surface area contributed by atoms with E-state index in [4.69, 9.17) is 10.5 Å². The topological polar surface area (TPSA) is 61.5 Å². The number of benzene rings is 1. The van der Waals surface area contributed by atoms with Crippen molar-refractivity contribution in [1.29, 1.82) is 0 Å². The van der Waals surface area contributed by atoms with Gasteiger partial charge in [-0.15, -0.1) is 13.2 Å². The second-order valence-corrected chi connectivity index (χ2v) is 2.77. The Kier molecular flexibility index (Phi) is 3.26. The van der Waals surface area contributed by atoms with Crippen LogP contribution in [0.4, 0.5) is 13.2 Å². The van der Waals surface area contributed by atoms with Crippen molar-refractivity contribution in [1.82, 2.24) is 0 Å². The molecule has 0 spiro atoms. The van der Waals surface area contributed by atoms with Gasteiger partial charge in [0.25, 0.3) is 5.91 Å². The molecule has 0 aliphatic rings. The summed E-state index contributed by atoms with van der Waals surface area (Å²) in [5, 5.41) is 0. The minimum Gasteiger partial charge on any atom is -0.497 e. The molecular formula is C9H8F3NO3. The van der Waals surface area contributed by atoms with Crippen molar-refractivity contribution in [2.45, 2.75) is 6.36 Å². The highest BCUT2D eigenvalue weighted by atomic mass is 19.4. The van der Waals surface area contributed by atoms with Gasteiger partial charge in [0.05, 0.1) is 12.7 Å². The second kappa shape index (κ2) is 4.30. The first kappa shape index (κ1) is 12.2. The lowest BCUT2D eigenvalue weighted by Gasteiger charge is -2.12. The van der Waals surface area contributed by atoms with Crippen molar-refractivity contribution >= 4 is 5.91 Å². The molecular weight excluding hydrogens is 227 g/mol. The fourth-order valence-electron chi connectivity index (χ4n) is 1.04. The largest absolute Gasteiger partial charge is 0.573 e. The molecule has 2 N–H and O–H groups in total. The highest BCUT2D eigenvalue weighted by Gasteiger charge is 2.32. The number of carbonyl (C=O) groups is 1. The molecule has 0 radical (unpaired) electrons. The van der Waals surface area contributed by atoms with E-state index < -0.39 is 18.0 Å². The van der Waals surface area contributed by atoms with Crippen molar-refractivity contribution in [2.24, 2.45) is 5.73 Å². The standard InChI is InChI=1S/C9H8F3NO3/c1-15-5-2-3-6(8(13)14)7(4-5)16-9(10,11)12/h2-4H,1H3,(H2,13,14). The summed E-state index contributed by atoms with van der Waals surface area (Å²) in [4.78, 5) is 10.8. The molecule has 0 bridgehead atoms. The number of rotatable bonds is 3. The highest BCUT2D eigenvalue weighted by Crippen LogP contribution is 2.29. The first-order valence-electron chi connectivity index (χ1n) is 4.07. The van der Waals surface area contributed by atoms with Gasteiger partial charge in [0.15, 0.2) is 0 Å². The van der Waals surface area contributed by atoms with Gasteiger partial charge in [-0.1, -0.05) is 0 Å². The van der Waals surface area contributed by atoms with Gasteiger partial charge in [-0.2, -0.15) is 0 Å². The Morgan fingerprint density at radius 2 is 2.00 bits per heavy atom. The first-order valence-corrected chi connectivity index (χ1v) is 4.07. The lowest BCUT2D eigenvalue weighted by Crippen LogP contribution is -2.21. The van der Waals surface area contributed by atoms with Crippen LogP contribution in [0, 0.1) is 0 Å². The molecule has 0 aliphatic heterocycles. The van der Waals surface area contributed by atoms with E-state index in [0.29, 0.717) is 0 Å². The molecule has 0 saturated heterocycles. The van der Waals surface area contributed by atoms with Crippen LogP contribution in [-0.2, 0) is 0 Å². The predicted octanol–water partition coefficient (Wildman–Crippen LogP) is 1.69. The summed E-state index contributed by atoms with van der Waals surface area (Å²) in [6.45, 7) is 0. The Morgan fingerprint density at radius 3 is 2.44 bits per heavy atom. The number of nitrogens with two attached hydrogens (primary N) is 1. The maximum Gasteiger partial charge on any atom is 0.573 e.